The molecule has 0 aliphatic rings. The molecule has 0 aliphatic heterocycles. The average molecular weight is 273 g/mol. The van der Waals surface area contributed by atoms with Crippen LogP contribution >= 0.6 is 11.6 Å². The van der Waals surface area contributed by atoms with E-state index in [9.17, 15) is 0 Å². The maximum atomic E-state index is 6.00. The van der Waals surface area contributed by atoms with Gasteiger partial charge in [-0.25, -0.2) is 4.98 Å². The quantitative estimate of drug-likeness (QED) is 0.621. The van der Waals surface area contributed by atoms with E-state index < -0.39 is 0 Å². The first-order valence-electron chi connectivity index (χ1n) is 5.90. The molecule has 0 bridgehead atoms. The van der Waals surface area contributed by atoms with Crippen LogP contribution in [0.25, 0.3) is 11.0 Å². The summed E-state index contributed by atoms with van der Waals surface area (Å²) in [5.41, 5.74) is 10.3. The van der Waals surface area contributed by atoms with Crippen molar-refractivity contribution in [1.29, 1.82) is 0 Å². The zero-order chi connectivity index (χ0) is 13.4. The minimum atomic E-state index is 0.672. The van der Waals surface area contributed by atoms with Crippen LogP contribution in [0, 0.1) is 6.92 Å². The topological polar surface area (TPSA) is 66.7 Å². The van der Waals surface area contributed by atoms with Crippen molar-refractivity contribution in [3.8, 4) is 0 Å². The van der Waals surface area contributed by atoms with Gasteiger partial charge in [-0.05, 0) is 42.8 Å². The van der Waals surface area contributed by atoms with Gasteiger partial charge in [0.05, 0.1) is 11.0 Å². The van der Waals surface area contributed by atoms with Crippen molar-refractivity contribution in [3.63, 3.8) is 0 Å². The molecule has 0 unspecified atom stereocenters. The molecule has 0 radical (unpaired) electrons. The maximum absolute atomic E-state index is 6.00. The van der Waals surface area contributed by atoms with Gasteiger partial charge in [0.25, 0.3) is 0 Å². The van der Waals surface area contributed by atoms with E-state index in [1.165, 1.54) is 0 Å². The van der Waals surface area contributed by atoms with Gasteiger partial charge in [-0.2, -0.15) is 0 Å². The number of rotatable bonds is 2. The molecule has 4 nitrogen and oxygen atoms in total. The third-order valence-electron chi connectivity index (χ3n) is 2.96. The largest absolute Gasteiger partial charge is 0.399 e. The number of anilines is 3. The zero-order valence-electron chi connectivity index (χ0n) is 10.4. The van der Waals surface area contributed by atoms with Gasteiger partial charge in [-0.3, -0.25) is 0 Å². The summed E-state index contributed by atoms with van der Waals surface area (Å²) in [4.78, 5) is 7.64. The predicted molar refractivity (Wildman–Crippen MR) is 80.0 cm³/mol. The fraction of sp³-hybridized carbons (Fsp3) is 0.0714. The van der Waals surface area contributed by atoms with E-state index in [1.54, 1.807) is 0 Å². The van der Waals surface area contributed by atoms with Gasteiger partial charge in [0.1, 0.15) is 0 Å². The number of nitrogens with two attached hydrogens (primary N) is 1. The van der Waals surface area contributed by atoms with Crippen LogP contribution in [0.4, 0.5) is 17.3 Å². The van der Waals surface area contributed by atoms with Gasteiger partial charge in [-0.1, -0.05) is 17.7 Å². The number of hydrogen-bond acceptors (Lipinski definition) is 3. The molecular formula is C14H13ClN4. The SMILES string of the molecule is Cc1ccc(Cl)cc1Nc1nc2ccc(N)cc2[nH]1. The lowest BCUT2D eigenvalue weighted by Gasteiger charge is -2.06. The van der Waals surface area contributed by atoms with Crippen LogP contribution in [0.5, 0.6) is 0 Å². The minimum absolute atomic E-state index is 0.672. The highest BCUT2D eigenvalue weighted by atomic mass is 35.5. The molecule has 19 heavy (non-hydrogen) atoms. The van der Waals surface area contributed by atoms with Gasteiger partial charge < -0.3 is 16.0 Å². The first-order valence-corrected chi connectivity index (χ1v) is 6.28. The fourth-order valence-electron chi connectivity index (χ4n) is 1.94. The standard InChI is InChI=1S/C14H13ClN4/c1-8-2-3-9(15)6-12(8)18-14-17-11-5-4-10(16)7-13(11)19-14/h2-7H,16H2,1H3,(H2,17,18,19). The number of imidazole rings is 1. The van der Waals surface area contributed by atoms with Gasteiger partial charge in [0, 0.05) is 16.4 Å². The molecule has 0 aliphatic carbocycles. The summed E-state index contributed by atoms with van der Waals surface area (Å²) in [6, 6.07) is 11.3. The van der Waals surface area contributed by atoms with Crippen LogP contribution in [-0.4, -0.2) is 9.97 Å². The lowest BCUT2D eigenvalue weighted by atomic mass is 10.2. The third kappa shape index (κ3) is 2.35. The number of nitrogens with zero attached hydrogens (tertiary/aromatic N) is 1. The van der Waals surface area contributed by atoms with Crippen molar-refractivity contribution in [1.82, 2.24) is 9.97 Å². The third-order valence-corrected chi connectivity index (χ3v) is 3.19. The second-order valence-electron chi connectivity index (χ2n) is 4.45. The van der Waals surface area contributed by atoms with Crippen molar-refractivity contribution < 1.29 is 0 Å². The molecule has 5 heteroatoms. The molecule has 0 saturated heterocycles. The number of aryl methyl sites for hydroxylation is 1. The van der Waals surface area contributed by atoms with Gasteiger partial charge in [-0.15, -0.1) is 0 Å². The summed E-state index contributed by atoms with van der Waals surface area (Å²) in [6.07, 6.45) is 0. The number of nitrogen functional groups attached to an aromatic ring is 1. The van der Waals surface area contributed by atoms with Crippen molar-refractivity contribution in [2.45, 2.75) is 6.92 Å². The predicted octanol–water partition coefficient (Wildman–Crippen LogP) is 3.85. The van der Waals surface area contributed by atoms with E-state index in [4.69, 9.17) is 17.3 Å². The second-order valence-corrected chi connectivity index (χ2v) is 4.88. The Morgan fingerprint density at radius 3 is 2.89 bits per heavy atom. The molecule has 0 amide bonds. The maximum Gasteiger partial charge on any atom is 0.205 e. The molecule has 1 heterocycles. The van der Waals surface area contributed by atoms with Crippen LogP contribution < -0.4 is 11.1 Å². The Morgan fingerprint density at radius 2 is 2.05 bits per heavy atom. The molecule has 3 aromatic rings. The smallest absolute Gasteiger partial charge is 0.205 e. The lowest BCUT2D eigenvalue weighted by Crippen LogP contribution is -1.94. The Hall–Kier alpha value is -2.20. The number of aromatic nitrogens is 2. The van der Waals surface area contributed by atoms with E-state index in [0.717, 1.165) is 22.3 Å². The number of H-pyrrole nitrogens is 1. The van der Waals surface area contributed by atoms with E-state index in [-0.39, 0.29) is 0 Å². The lowest BCUT2D eigenvalue weighted by molar-refractivity contribution is 1.29. The fourth-order valence-corrected chi connectivity index (χ4v) is 2.11. The van der Waals surface area contributed by atoms with Crippen molar-refractivity contribution in [3.05, 3.63) is 47.0 Å². The molecule has 3 rings (SSSR count). The Balaban J connectivity index is 1.98. The summed E-state index contributed by atoms with van der Waals surface area (Å²) in [5.74, 6) is 0.672. The molecular weight excluding hydrogens is 260 g/mol. The summed E-state index contributed by atoms with van der Waals surface area (Å²) in [7, 11) is 0. The molecule has 2 aromatic carbocycles. The second kappa shape index (κ2) is 4.48. The highest BCUT2D eigenvalue weighted by Crippen LogP contribution is 2.24. The Kier molecular flexibility index (Phi) is 2.80. The normalized spacial score (nSPS) is 10.8. The Bertz CT molecular complexity index is 748. The molecule has 0 spiro atoms. The Labute approximate surface area is 115 Å². The summed E-state index contributed by atoms with van der Waals surface area (Å²) in [6.45, 7) is 2.01. The van der Waals surface area contributed by atoms with Gasteiger partial charge in [0.15, 0.2) is 0 Å². The van der Waals surface area contributed by atoms with Crippen molar-refractivity contribution >= 4 is 40.0 Å². The number of benzene rings is 2. The summed E-state index contributed by atoms with van der Waals surface area (Å²) < 4.78 is 0. The van der Waals surface area contributed by atoms with Crippen LogP contribution in [0.2, 0.25) is 5.02 Å². The highest BCUT2D eigenvalue weighted by molar-refractivity contribution is 6.30. The van der Waals surface area contributed by atoms with E-state index in [1.807, 2.05) is 43.3 Å². The summed E-state index contributed by atoms with van der Waals surface area (Å²) in [5, 5.41) is 3.92. The molecule has 0 fully saturated rings. The van der Waals surface area contributed by atoms with Gasteiger partial charge in [0.2, 0.25) is 5.95 Å². The monoisotopic (exact) mass is 272 g/mol. The van der Waals surface area contributed by atoms with Crippen LogP contribution in [0.15, 0.2) is 36.4 Å². The number of nitrogens with one attached hydrogen (secondary N) is 2. The zero-order valence-corrected chi connectivity index (χ0v) is 11.1. The van der Waals surface area contributed by atoms with E-state index >= 15 is 0 Å². The number of halogens is 1. The van der Waals surface area contributed by atoms with Crippen molar-refractivity contribution in [2.24, 2.45) is 0 Å². The number of hydrogen-bond donors (Lipinski definition) is 3. The van der Waals surface area contributed by atoms with E-state index in [2.05, 4.69) is 15.3 Å². The number of aromatic amines is 1. The van der Waals surface area contributed by atoms with Crippen LogP contribution in [0.1, 0.15) is 5.56 Å². The first-order chi connectivity index (χ1) is 9.11. The molecule has 96 valence electrons. The molecule has 1 aromatic heterocycles. The van der Waals surface area contributed by atoms with Crippen molar-refractivity contribution in [2.75, 3.05) is 11.1 Å². The Morgan fingerprint density at radius 1 is 1.21 bits per heavy atom. The van der Waals surface area contributed by atoms with Gasteiger partial charge >= 0.3 is 0 Å². The highest BCUT2D eigenvalue weighted by Gasteiger charge is 2.05. The first kappa shape index (κ1) is 11.9. The molecule has 4 N–H and O–H groups in total. The van der Waals surface area contributed by atoms with Crippen LogP contribution in [-0.2, 0) is 0 Å². The molecule has 0 atom stereocenters. The number of fused-ring (bicyclic) bond motifs is 1. The van der Waals surface area contributed by atoms with E-state index in [0.29, 0.717) is 16.7 Å². The average Bonchev–Trinajstić information content (AvgIpc) is 2.75. The summed E-state index contributed by atoms with van der Waals surface area (Å²) >= 11 is 6.00. The molecule has 0 saturated carbocycles. The van der Waals surface area contributed by atoms with Crippen LogP contribution in [0.3, 0.4) is 0 Å². The minimum Gasteiger partial charge on any atom is -0.399 e.